The maximum atomic E-state index is 13.0. The summed E-state index contributed by atoms with van der Waals surface area (Å²) in [7, 11) is 0. The van der Waals surface area contributed by atoms with Gasteiger partial charge in [-0.15, -0.1) is 0 Å². The Morgan fingerprint density at radius 2 is 1.71 bits per heavy atom. The van der Waals surface area contributed by atoms with Crippen LogP contribution in [0.15, 0.2) is 0 Å². The second-order valence-electron chi connectivity index (χ2n) is 19.8. The molecule has 7 aliphatic rings. The molecule has 0 bridgehead atoms. The maximum absolute atomic E-state index is 13.0. The third kappa shape index (κ3) is 5.91. The fourth-order valence-corrected chi connectivity index (χ4v) is 13.6. The highest BCUT2D eigenvalue weighted by Crippen LogP contribution is 2.88. The zero-order valence-electron chi connectivity index (χ0n) is 33.5. The molecule has 2 spiro atoms. The molecule has 0 aromatic carbocycles. The molecular formula is C42H72N2O7. The number of morpholine rings is 1. The summed E-state index contributed by atoms with van der Waals surface area (Å²) in [5, 5.41) is 23.6. The highest BCUT2D eigenvalue weighted by Gasteiger charge is 2.83. The molecule has 2 aliphatic heterocycles. The van der Waals surface area contributed by atoms with E-state index in [-0.39, 0.29) is 58.2 Å². The van der Waals surface area contributed by atoms with Crippen molar-refractivity contribution < 1.29 is 34.0 Å². The molecule has 51 heavy (non-hydrogen) atoms. The van der Waals surface area contributed by atoms with Gasteiger partial charge in [0.05, 0.1) is 49.2 Å². The molecule has 0 radical (unpaired) electrons. The Balaban J connectivity index is 1.05. The summed E-state index contributed by atoms with van der Waals surface area (Å²) in [5.74, 6) is 1.29. The molecular weight excluding hydrogens is 644 g/mol. The van der Waals surface area contributed by atoms with Crippen LogP contribution in [-0.2, 0) is 23.7 Å². The topological polar surface area (TPSA) is 101 Å². The van der Waals surface area contributed by atoms with Crippen LogP contribution in [0.4, 0.5) is 0 Å². The Bertz CT molecular complexity index is 1280. The number of aliphatic hydroxyl groups excluding tert-OH is 1. The van der Waals surface area contributed by atoms with Gasteiger partial charge in [0.25, 0.3) is 0 Å². The molecule has 2 saturated heterocycles. The molecule has 13 atom stereocenters. The number of aliphatic hydroxyl groups is 2. The van der Waals surface area contributed by atoms with Gasteiger partial charge in [0.1, 0.15) is 6.10 Å². The molecule has 0 aromatic heterocycles. The first-order valence-corrected chi connectivity index (χ1v) is 21.0. The Hall–Kier alpha value is -0.810. The van der Waals surface area contributed by atoms with Crippen molar-refractivity contribution in [3.8, 4) is 0 Å². The average molecular weight is 717 g/mol. The molecule has 5 aliphatic carbocycles. The van der Waals surface area contributed by atoms with Crippen LogP contribution >= 0.6 is 0 Å². The van der Waals surface area contributed by atoms with E-state index < -0.39 is 17.8 Å². The van der Waals surface area contributed by atoms with Crippen molar-refractivity contribution in [1.82, 2.24) is 9.80 Å². The Morgan fingerprint density at radius 3 is 2.35 bits per heavy atom. The third-order valence-corrected chi connectivity index (χ3v) is 16.7. The van der Waals surface area contributed by atoms with E-state index in [4.69, 9.17) is 18.9 Å². The first kappa shape index (κ1) is 38.5. The summed E-state index contributed by atoms with van der Waals surface area (Å²) in [6, 6.07) is -0.135. The molecule has 7 fully saturated rings. The molecule has 7 rings (SSSR count). The van der Waals surface area contributed by atoms with Gasteiger partial charge in [-0.3, -0.25) is 9.69 Å². The fraction of sp³-hybridized carbons (Fsp3) is 0.976. The number of likely N-dealkylation sites (tertiary alicyclic amines) is 1. The normalized spacial score (nSPS) is 45.0. The largest absolute Gasteiger partial charge is 0.390 e. The quantitative estimate of drug-likeness (QED) is 0.247. The van der Waals surface area contributed by atoms with Crippen LogP contribution in [0.25, 0.3) is 0 Å². The van der Waals surface area contributed by atoms with Crippen molar-refractivity contribution in [3.05, 3.63) is 0 Å². The predicted molar refractivity (Wildman–Crippen MR) is 197 cm³/mol. The smallest absolute Gasteiger partial charge is 0.239 e. The third-order valence-electron chi connectivity index (χ3n) is 16.7. The van der Waals surface area contributed by atoms with Crippen molar-refractivity contribution in [1.29, 1.82) is 0 Å². The van der Waals surface area contributed by atoms with Crippen LogP contribution in [0.2, 0.25) is 0 Å². The van der Waals surface area contributed by atoms with Crippen molar-refractivity contribution >= 4 is 5.91 Å². The van der Waals surface area contributed by atoms with Gasteiger partial charge >= 0.3 is 0 Å². The van der Waals surface area contributed by atoms with Crippen LogP contribution in [0, 0.1) is 38.9 Å². The first-order valence-electron chi connectivity index (χ1n) is 21.0. The lowest BCUT2D eigenvalue weighted by Gasteiger charge is -2.63. The van der Waals surface area contributed by atoms with Gasteiger partial charge in [0.2, 0.25) is 5.91 Å². The van der Waals surface area contributed by atoms with E-state index in [0.717, 1.165) is 64.6 Å². The van der Waals surface area contributed by atoms with Gasteiger partial charge in [0, 0.05) is 31.7 Å². The van der Waals surface area contributed by atoms with E-state index >= 15 is 0 Å². The summed E-state index contributed by atoms with van der Waals surface area (Å²) in [6.07, 6.45) is 10.2. The molecule has 1 amide bonds. The monoisotopic (exact) mass is 717 g/mol. The van der Waals surface area contributed by atoms with Crippen molar-refractivity contribution in [2.45, 2.75) is 181 Å². The second kappa shape index (κ2) is 13.4. The van der Waals surface area contributed by atoms with Gasteiger partial charge in [-0.05, 0) is 125 Å². The van der Waals surface area contributed by atoms with E-state index in [2.05, 4.69) is 39.5 Å². The molecule has 2 N–H and O–H groups in total. The van der Waals surface area contributed by atoms with Crippen molar-refractivity contribution in [2.24, 2.45) is 38.9 Å². The van der Waals surface area contributed by atoms with Gasteiger partial charge in [0.15, 0.2) is 6.29 Å². The Kier molecular flexibility index (Phi) is 10.1. The van der Waals surface area contributed by atoms with Gasteiger partial charge in [-0.2, -0.15) is 0 Å². The minimum absolute atomic E-state index is 0.00438. The van der Waals surface area contributed by atoms with E-state index in [1.54, 1.807) is 0 Å². The van der Waals surface area contributed by atoms with Crippen molar-refractivity contribution in [2.75, 3.05) is 39.4 Å². The summed E-state index contributed by atoms with van der Waals surface area (Å²) >= 11 is 0. The SMILES string of the molecule is CCCC(OC1CC2(C)CCC34CC35CCC(OC3CN(C(C)C(=O)N6CCC6)CCO3)C(C)(C)C5CCC4C2(C)C1O)C(OCC)C(C)(C)O. The lowest BCUT2D eigenvalue weighted by Crippen LogP contribution is -2.60. The highest BCUT2D eigenvalue weighted by molar-refractivity contribution is 5.82. The Morgan fingerprint density at radius 1 is 1.00 bits per heavy atom. The van der Waals surface area contributed by atoms with E-state index in [0.29, 0.717) is 37.0 Å². The first-order chi connectivity index (χ1) is 24.0. The molecule has 292 valence electrons. The second-order valence-corrected chi connectivity index (χ2v) is 19.8. The molecule has 5 saturated carbocycles. The summed E-state index contributed by atoms with van der Waals surface area (Å²) in [5.41, 5.74) is -0.658. The lowest BCUT2D eigenvalue weighted by atomic mass is 9.42. The number of ether oxygens (including phenoxy) is 4. The van der Waals surface area contributed by atoms with Crippen LogP contribution in [-0.4, -0.2) is 114 Å². The maximum Gasteiger partial charge on any atom is 0.239 e. The fourth-order valence-electron chi connectivity index (χ4n) is 13.6. The van der Waals surface area contributed by atoms with E-state index in [1.807, 2.05) is 32.6 Å². The molecule has 9 heteroatoms. The zero-order chi connectivity index (χ0) is 36.8. The average Bonchev–Trinajstić information content (AvgIpc) is 3.67. The summed E-state index contributed by atoms with van der Waals surface area (Å²) in [4.78, 5) is 17.3. The minimum Gasteiger partial charge on any atom is -0.390 e. The number of nitrogens with zero attached hydrogens (tertiary/aromatic N) is 2. The van der Waals surface area contributed by atoms with Crippen LogP contribution in [0.5, 0.6) is 0 Å². The van der Waals surface area contributed by atoms with Crippen LogP contribution < -0.4 is 0 Å². The van der Waals surface area contributed by atoms with Gasteiger partial charge in [-0.25, -0.2) is 0 Å². The number of carbonyl (C=O) groups excluding carboxylic acids is 1. The zero-order valence-corrected chi connectivity index (χ0v) is 33.5. The van der Waals surface area contributed by atoms with Crippen LogP contribution in [0.3, 0.4) is 0 Å². The van der Waals surface area contributed by atoms with E-state index in [9.17, 15) is 15.0 Å². The lowest BCUT2D eigenvalue weighted by molar-refractivity contribution is -0.250. The van der Waals surface area contributed by atoms with Gasteiger partial charge in [-0.1, -0.05) is 41.0 Å². The minimum atomic E-state index is -1.04. The molecule has 13 unspecified atom stereocenters. The van der Waals surface area contributed by atoms with Crippen LogP contribution in [0.1, 0.15) is 133 Å². The summed E-state index contributed by atoms with van der Waals surface area (Å²) in [6.45, 7) is 23.9. The highest BCUT2D eigenvalue weighted by atomic mass is 16.7. The number of amides is 1. The summed E-state index contributed by atoms with van der Waals surface area (Å²) < 4.78 is 26.2. The molecule has 0 aromatic rings. The number of fused-ring (bicyclic) bond motifs is 2. The number of rotatable bonds is 12. The Labute approximate surface area is 308 Å². The van der Waals surface area contributed by atoms with Gasteiger partial charge < -0.3 is 34.1 Å². The number of hydrogen-bond acceptors (Lipinski definition) is 8. The predicted octanol–water partition coefficient (Wildman–Crippen LogP) is 6.17. The standard InChI is InChI=1S/C42H72N2O7/c1-10-13-28(35(48-11-2)38(6,7)47)50-29-24-39(8)18-19-42-26-41(42)17-16-32(37(4,5)30(41)14-15-31(42)40(39,9)34(29)45)51-33-25-44(22-23-49-33)27(3)36(46)43-20-12-21-43/h27-35,45,47H,10-26H2,1-9H3. The molecule has 9 nitrogen and oxygen atoms in total. The molecule has 2 heterocycles. The number of carbonyl (C=O) groups is 1. The number of hydrogen-bond donors (Lipinski definition) is 2. The van der Waals surface area contributed by atoms with Crippen molar-refractivity contribution in [3.63, 3.8) is 0 Å². The van der Waals surface area contributed by atoms with E-state index in [1.165, 1.54) is 25.7 Å².